The van der Waals surface area contributed by atoms with Gasteiger partial charge in [0.2, 0.25) is 0 Å². The third-order valence-electron chi connectivity index (χ3n) is 2.04. The van der Waals surface area contributed by atoms with Gasteiger partial charge in [0, 0.05) is 11.6 Å². The number of rotatable bonds is 3. The van der Waals surface area contributed by atoms with E-state index < -0.39 is 5.97 Å². The number of methoxy groups -OCH3 is 1. The fraction of sp³-hybridized carbons (Fsp3) is 0.500. The molecular formula is C12H18O4. The number of hydrogen-bond donors (Lipinski definition) is 0. The Morgan fingerprint density at radius 1 is 1.38 bits per heavy atom. The standard InChI is InChI=1S/C8H12O2.C4H6O2/c1-6(2)8(9)10-7-4-3-5-7;1-3-4(5)6-2/h7H,1,3-5H2,2H3;3H,1H2,2H3. The predicted molar refractivity (Wildman–Crippen MR) is 60.8 cm³/mol. The van der Waals surface area contributed by atoms with E-state index in [1.807, 2.05) is 0 Å². The zero-order chi connectivity index (χ0) is 12.6. The molecule has 90 valence electrons. The zero-order valence-corrected chi connectivity index (χ0v) is 9.82. The highest BCUT2D eigenvalue weighted by Crippen LogP contribution is 2.22. The molecule has 0 atom stereocenters. The van der Waals surface area contributed by atoms with Crippen molar-refractivity contribution in [3.63, 3.8) is 0 Å². The Morgan fingerprint density at radius 3 is 2.12 bits per heavy atom. The van der Waals surface area contributed by atoms with E-state index in [2.05, 4.69) is 17.9 Å². The Kier molecular flexibility index (Phi) is 6.92. The molecule has 0 spiro atoms. The van der Waals surface area contributed by atoms with Crippen molar-refractivity contribution in [3.8, 4) is 0 Å². The van der Waals surface area contributed by atoms with E-state index in [4.69, 9.17) is 4.74 Å². The Balaban J connectivity index is 0.000000325. The topological polar surface area (TPSA) is 52.6 Å². The van der Waals surface area contributed by atoms with Crippen LogP contribution in [0.3, 0.4) is 0 Å². The molecule has 0 aromatic heterocycles. The van der Waals surface area contributed by atoms with Crippen LogP contribution in [-0.4, -0.2) is 25.2 Å². The molecule has 4 heteroatoms. The first kappa shape index (κ1) is 14.4. The SMILES string of the molecule is C=C(C)C(=O)OC1CCC1.C=CC(=O)OC. The molecule has 0 aliphatic heterocycles. The van der Waals surface area contributed by atoms with Crippen LogP contribution >= 0.6 is 0 Å². The molecule has 0 heterocycles. The minimum atomic E-state index is -0.394. The Labute approximate surface area is 95.9 Å². The number of carbonyl (C=O) groups is 2. The van der Waals surface area contributed by atoms with Crippen molar-refractivity contribution in [2.75, 3.05) is 7.11 Å². The summed E-state index contributed by atoms with van der Waals surface area (Å²) in [5.74, 6) is -0.639. The lowest BCUT2D eigenvalue weighted by atomic mass is 9.96. The van der Waals surface area contributed by atoms with Crippen molar-refractivity contribution in [1.29, 1.82) is 0 Å². The van der Waals surface area contributed by atoms with Gasteiger partial charge in [-0.05, 0) is 26.2 Å². The van der Waals surface area contributed by atoms with E-state index in [1.165, 1.54) is 13.5 Å². The summed E-state index contributed by atoms with van der Waals surface area (Å²) in [5, 5.41) is 0. The lowest BCUT2D eigenvalue weighted by molar-refractivity contribution is -0.148. The normalized spacial score (nSPS) is 13.6. The summed E-state index contributed by atoms with van der Waals surface area (Å²) in [5.41, 5.74) is 0.492. The average Bonchev–Trinajstić information content (AvgIpc) is 2.22. The lowest BCUT2D eigenvalue weighted by Gasteiger charge is -2.24. The second-order valence-electron chi connectivity index (χ2n) is 3.47. The molecule has 0 unspecified atom stereocenters. The Morgan fingerprint density at radius 2 is 1.94 bits per heavy atom. The van der Waals surface area contributed by atoms with Gasteiger partial charge in [0.1, 0.15) is 6.10 Å². The zero-order valence-electron chi connectivity index (χ0n) is 9.82. The summed E-state index contributed by atoms with van der Waals surface area (Å²) in [6.07, 6.45) is 4.54. The highest BCUT2D eigenvalue weighted by molar-refractivity contribution is 5.87. The van der Waals surface area contributed by atoms with Crippen LogP contribution in [0, 0.1) is 0 Å². The first-order valence-corrected chi connectivity index (χ1v) is 5.08. The minimum absolute atomic E-state index is 0.184. The van der Waals surface area contributed by atoms with E-state index >= 15 is 0 Å². The van der Waals surface area contributed by atoms with Gasteiger partial charge in [-0.25, -0.2) is 9.59 Å². The van der Waals surface area contributed by atoms with Crippen molar-refractivity contribution in [2.24, 2.45) is 0 Å². The molecule has 0 bridgehead atoms. The number of hydrogen-bond acceptors (Lipinski definition) is 4. The van der Waals surface area contributed by atoms with Crippen LogP contribution in [0.4, 0.5) is 0 Å². The fourth-order valence-electron chi connectivity index (χ4n) is 0.824. The molecule has 1 aliphatic rings. The monoisotopic (exact) mass is 226 g/mol. The average molecular weight is 226 g/mol. The summed E-state index contributed by atoms with van der Waals surface area (Å²) in [6.45, 7) is 8.32. The molecule has 4 nitrogen and oxygen atoms in total. The number of ether oxygens (including phenoxy) is 2. The molecule has 1 aliphatic carbocycles. The van der Waals surface area contributed by atoms with Crippen LogP contribution in [0.25, 0.3) is 0 Å². The smallest absolute Gasteiger partial charge is 0.333 e. The highest BCUT2D eigenvalue weighted by atomic mass is 16.5. The van der Waals surface area contributed by atoms with Gasteiger partial charge in [-0.2, -0.15) is 0 Å². The molecule has 0 aromatic rings. The molecule has 0 aromatic carbocycles. The number of esters is 2. The van der Waals surface area contributed by atoms with Gasteiger partial charge >= 0.3 is 11.9 Å². The van der Waals surface area contributed by atoms with Crippen molar-refractivity contribution in [3.05, 3.63) is 24.8 Å². The third kappa shape index (κ3) is 6.01. The summed E-state index contributed by atoms with van der Waals surface area (Å²) in [6, 6.07) is 0. The molecule has 16 heavy (non-hydrogen) atoms. The first-order chi connectivity index (χ1) is 7.51. The van der Waals surface area contributed by atoms with E-state index in [9.17, 15) is 9.59 Å². The fourth-order valence-corrected chi connectivity index (χ4v) is 0.824. The highest BCUT2D eigenvalue weighted by Gasteiger charge is 2.21. The van der Waals surface area contributed by atoms with Gasteiger partial charge in [-0.3, -0.25) is 0 Å². The van der Waals surface area contributed by atoms with Gasteiger partial charge in [0.05, 0.1) is 7.11 Å². The summed E-state index contributed by atoms with van der Waals surface area (Å²) >= 11 is 0. The van der Waals surface area contributed by atoms with Crippen LogP contribution in [0.1, 0.15) is 26.2 Å². The molecule has 0 amide bonds. The minimum Gasteiger partial charge on any atom is -0.466 e. The lowest BCUT2D eigenvalue weighted by Crippen LogP contribution is -2.25. The van der Waals surface area contributed by atoms with Gasteiger partial charge in [0.15, 0.2) is 0 Å². The van der Waals surface area contributed by atoms with E-state index in [-0.39, 0.29) is 12.1 Å². The molecule has 1 fully saturated rings. The van der Waals surface area contributed by atoms with E-state index in [0.29, 0.717) is 5.57 Å². The molecule has 1 saturated carbocycles. The van der Waals surface area contributed by atoms with Crippen molar-refractivity contribution < 1.29 is 19.1 Å². The summed E-state index contributed by atoms with van der Waals surface area (Å²) < 4.78 is 9.15. The van der Waals surface area contributed by atoms with Crippen molar-refractivity contribution in [2.45, 2.75) is 32.3 Å². The largest absolute Gasteiger partial charge is 0.466 e. The molecule has 0 saturated heterocycles. The number of carbonyl (C=O) groups excluding carboxylic acids is 2. The first-order valence-electron chi connectivity index (χ1n) is 5.08. The van der Waals surface area contributed by atoms with E-state index in [1.54, 1.807) is 6.92 Å². The predicted octanol–water partition coefficient (Wildman–Crippen LogP) is 2.00. The van der Waals surface area contributed by atoms with Gasteiger partial charge in [-0.1, -0.05) is 13.2 Å². The van der Waals surface area contributed by atoms with Crippen LogP contribution in [0.5, 0.6) is 0 Å². The van der Waals surface area contributed by atoms with Gasteiger partial charge < -0.3 is 9.47 Å². The molecule has 0 radical (unpaired) electrons. The van der Waals surface area contributed by atoms with Gasteiger partial charge in [-0.15, -0.1) is 0 Å². The van der Waals surface area contributed by atoms with E-state index in [0.717, 1.165) is 18.9 Å². The van der Waals surface area contributed by atoms with Crippen molar-refractivity contribution in [1.82, 2.24) is 0 Å². The maximum absolute atomic E-state index is 10.8. The Bertz CT molecular complexity index is 277. The van der Waals surface area contributed by atoms with Crippen LogP contribution in [0.15, 0.2) is 24.8 Å². The summed E-state index contributed by atoms with van der Waals surface area (Å²) in [4.78, 5) is 20.7. The second kappa shape index (κ2) is 7.68. The molecule has 0 N–H and O–H groups in total. The third-order valence-corrected chi connectivity index (χ3v) is 2.04. The van der Waals surface area contributed by atoms with Crippen molar-refractivity contribution >= 4 is 11.9 Å². The molecule has 1 rings (SSSR count). The quantitative estimate of drug-likeness (QED) is 0.545. The Hall–Kier alpha value is -1.58. The second-order valence-corrected chi connectivity index (χ2v) is 3.47. The maximum atomic E-state index is 10.8. The van der Waals surface area contributed by atoms with Crippen LogP contribution in [0.2, 0.25) is 0 Å². The maximum Gasteiger partial charge on any atom is 0.333 e. The van der Waals surface area contributed by atoms with Crippen LogP contribution < -0.4 is 0 Å². The van der Waals surface area contributed by atoms with Gasteiger partial charge in [0.25, 0.3) is 0 Å². The molecular weight excluding hydrogens is 208 g/mol. The van der Waals surface area contributed by atoms with Crippen LogP contribution in [-0.2, 0) is 19.1 Å². The summed E-state index contributed by atoms with van der Waals surface area (Å²) in [7, 11) is 1.31.